The molecule has 0 amide bonds. The summed E-state index contributed by atoms with van der Waals surface area (Å²) < 4.78 is 5.84. The molecule has 1 fully saturated rings. The van der Waals surface area contributed by atoms with E-state index in [-0.39, 0.29) is 0 Å². The molecule has 0 bridgehead atoms. The molecule has 0 aliphatic carbocycles. The minimum absolute atomic E-state index is 0.593. The summed E-state index contributed by atoms with van der Waals surface area (Å²) >= 11 is 3.44. The fraction of sp³-hybridized carbons (Fsp3) is 0.455. The van der Waals surface area contributed by atoms with Crippen LogP contribution in [0, 0.1) is 0 Å². The molecule has 0 atom stereocenters. The summed E-state index contributed by atoms with van der Waals surface area (Å²) in [4.78, 5) is 6.49. The topological polar surface area (TPSA) is 58.0 Å². The van der Waals surface area contributed by atoms with Gasteiger partial charge in [-0.15, -0.1) is 0 Å². The molecule has 1 saturated heterocycles. The van der Waals surface area contributed by atoms with Gasteiger partial charge in [0.25, 0.3) is 0 Å². The molecule has 2 rings (SSSR count). The minimum Gasteiger partial charge on any atom is -0.481 e. The fourth-order valence-corrected chi connectivity index (χ4v) is 2.42. The number of ether oxygens (including phenoxy) is 1. The predicted molar refractivity (Wildman–Crippen MR) is 69.2 cm³/mol. The zero-order valence-electron chi connectivity index (χ0n) is 9.56. The highest BCUT2D eigenvalue weighted by Gasteiger charge is 2.18. The number of anilines is 1. The minimum atomic E-state index is 0.593. The van der Waals surface area contributed by atoms with Crippen molar-refractivity contribution in [3.8, 4) is 5.88 Å². The number of piperidine rings is 1. The van der Waals surface area contributed by atoms with Crippen LogP contribution in [-0.4, -0.2) is 36.1 Å². The monoisotopic (exact) mass is 299 g/mol. The van der Waals surface area contributed by atoms with E-state index in [1.807, 2.05) is 12.1 Å². The predicted octanol–water partition coefficient (Wildman–Crippen LogP) is 2.28. The summed E-state index contributed by atoms with van der Waals surface area (Å²) in [5.74, 6) is 0.593. The number of halogens is 1. The van der Waals surface area contributed by atoms with Crippen LogP contribution in [0.5, 0.6) is 5.88 Å². The number of nitrogens with zero attached hydrogens (tertiary/aromatic N) is 3. The lowest BCUT2D eigenvalue weighted by Crippen LogP contribution is -2.34. The van der Waals surface area contributed by atoms with Gasteiger partial charge in [-0.05, 0) is 22.0 Å². The molecule has 92 valence electrons. The Hall–Kier alpha value is -1.30. The van der Waals surface area contributed by atoms with Crippen LogP contribution in [0.1, 0.15) is 12.8 Å². The lowest BCUT2D eigenvalue weighted by Gasteiger charge is -2.29. The molecule has 5 nitrogen and oxygen atoms in total. The van der Waals surface area contributed by atoms with Gasteiger partial charge in [0.15, 0.2) is 0 Å². The molecule has 1 aromatic heterocycles. The summed E-state index contributed by atoms with van der Waals surface area (Å²) in [5, 5.41) is 12.0. The van der Waals surface area contributed by atoms with Crippen LogP contribution in [0.25, 0.3) is 0 Å². The van der Waals surface area contributed by atoms with Crippen molar-refractivity contribution >= 4 is 27.3 Å². The van der Waals surface area contributed by atoms with Crippen molar-refractivity contribution in [2.45, 2.75) is 12.8 Å². The Morgan fingerprint density at radius 1 is 1.41 bits per heavy atom. The van der Waals surface area contributed by atoms with E-state index in [2.05, 4.69) is 31.0 Å². The van der Waals surface area contributed by atoms with Gasteiger partial charge in [-0.25, -0.2) is 4.98 Å². The Morgan fingerprint density at radius 3 is 2.65 bits per heavy atom. The van der Waals surface area contributed by atoms with Gasteiger partial charge in [0, 0.05) is 32.0 Å². The van der Waals surface area contributed by atoms with E-state index in [0.717, 1.165) is 41.9 Å². The zero-order chi connectivity index (χ0) is 12.3. The van der Waals surface area contributed by atoms with Gasteiger partial charge in [0.05, 0.1) is 18.5 Å². The van der Waals surface area contributed by atoms with Gasteiger partial charge >= 0.3 is 0 Å². The number of pyridine rings is 1. The van der Waals surface area contributed by atoms with Gasteiger partial charge in [-0.3, -0.25) is 0 Å². The van der Waals surface area contributed by atoms with Crippen molar-refractivity contribution in [1.82, 2.24) is 4.98 Å². The van der Waals surface area contributed by atoms with Crippen LogP contribution in [0.4, 0.5) is 5.69 Å². The maximum Gasteiger partial charge on any atom is 0.214 e. The Balaban J connectivity index is 2.13. The lowest BCUT2D eigenvalue weighted by molar-refractivity contribution is 0.315. The van der Waals surface area contributed by atoms with Gasteiger partial charge in [-0.2, -0.15) is 0 Å². The Morgan fingerprint density at radius 2 is 2.12 bits per heavy atom. The highest BCUT2D eigenvalue weighted by Crippen LogP contribution is 2.28. The summed E-state index contributed by atoms with van der Waals surface area (Å²) in [6, 6.07) is 3.83. The molecule has 1 aliphatic rings. The third kappa shape index (κ3) is 2.69. The fourth-order valence-electron chi connectivity index (χ4n) is 1.87. The van der Waals surface area contributed by atoms with E-state index >= 15 is 0 Å². The van der Waals surface area contributed by atoms with Gasteiger partial charge < -0.3 is 14.8 Å². The largest absolute Gasteiger partial charge is 0.481 e. The third-order valence-corrected chi connectivity index (χ3v) is 3.42. The van der Waals surface area contributed by atoms with Crippen LogP contribution >= 0.6 is 15.9 Å². The van der Waals surface area contributed by atoms with Crippen molar-refractivity contribution in [2.75, 3.05) is 25.1 Å². The zero-order valence-corrected chi connectivity index (χ0v) is 11.1. The van der Waals surface area contributed by atoms with Crippen LogP contribution in [0.15, 0.2) is 21.9 Å². The van der Waals surface area contributed by atoms with E-state index in [1.54, 1.807) is 7.11 Å². The molecule has 1 N–H and O–H groups in total. The SMILES string of the molecule is COc1ccc(N2CCC(=NO)CC2)c(Br)n1. The number of methoxy groups -OCH3 is 1. The van der Waals surface area contributed by atoms with E-state index in [0.29, 0.717) is 5.88 Å². The van der Waals surface area contributed by atoms with Crippen LogP contribution < -0.4 is 9.64 Å². The average molecular weight is 300 g/mol. The van der Waals surface area contributed by atoms with E-state index < -0.39 is 0 Å². The Labute approximate surface area is 108 Å². The molecule has 1 aliphatic heterocycles. The van der Waals surface area contributed by atoms with Gasteiger partial charge in [0.2, 0.25) is 5.88 Å². The molecule has 1 aromatic rings. The van der Waals surface area contributed by atoms with Crippen molar-refractivity contribution in [1.29, 1.82) is 0 Å². The van der Waals surface area contributed by atoms with Crippen LogP contribution in [0.2, 0.25) is 0 Å². The van der Waals surface area contributed by atoms with Crippen LogP contribution in [-0.2, 0) is 0 Å². The van der Waals surface area contributed by atoms with Gasteiger partial charge in [0.1, 0.15) is 4.60 Å². The smallest absolute Gasteiger partial charge is 0.214 e. The Kier molecular flexibility index (Phi) is 3.83. The first-order chi connectivity index (χ1) is 8.24. The highest BCUT2D eigenvalue weighted by molar-refractivity contribution is 9.10. The molecular formula is C11H14BrN3O2. The third-order valence-electron chi connectivity index (χ3n) is 2.84. The number of oxime groups is 1. The lowest BCUT2D eigenvalue weighted by atomic mass is 10.1. The molecule has 6 heteroatoms. The van der Waals surface area contributed by atoms with E-state index in [1.165, 1.54) is 0 Å². The normalized spacial score (nSPS) is 15.9. The molecule has 0 saturated carbocycles. The van der Waals surface area contributed by atoms with Gasteiger partial charge in [-0.1, -0.05) is 5.16 Å². The summed E-state index contributed by atoms with van der Waals surface area (Å²) in [5.41, 5.74) is 1.90. The van der Waals surface area contributed by atoms with E-state index in [4.69, 9.17) is 9.94 Å². The number of aromatic nitrogens is 1. The summed E-state index contributed by atoms with van der Waals surface area (Å²) in [6.07, 6.45) is 1.57. The molecular weight excluding hydrogens is 286 g/mol. The maximum absolute atomic E-state index is 8.70. The summed E-state index contributed by atoms with van der Waals surface area (Å²) in [6.45, 7) is 1.68. The Bertz CT molecular complexity index is 427. The second kappa shape index (κ2) is 5.35. The first-order valence-corrected chi connectivity index (χ1v) is 6.19. The first kappa shape index (κ1) is 12.2. The molecule has 2 heterocycles. The van der Waals surface area contributed by atoms with E-state index in [9.17, 15) is 0 Å². The number of hydrogen-bond donors (Lipinski definition) is 1. The van der Waals surface area contributed by atoms with Crippen molar-refractivity contribution in [3.05, 3.63) is 16.7 Å². The van der Waals surface area contributed by atoms with Crippen molar-refractivity contribution in [3.63, 3.8) is 0 Å². The number of rotatable bonds is 2. The molecule has 0 radical (unpaired) electrons. The molecule has 17 heavy (non-hydrogen) atoms. The highest BCUT2D eigenvalue weighted by atomic mass is 79.9. The standard InChI is InChI=1S/C11H14BrN3O2/c1-17-10-3-2-9(11(12)13-10)15-6-4-8(14-16)5-7-15/h2-3,16H,4-7H2,1H3. The second-order valence-corrected chi connectivity index (χ2v) is 4.57. The second-order valence-electron chi connectivity index (χ2n) is 3.82. The van der Waals surface area contributed by atoms with Crippen LogP contribution in [0.3, 0.4) is 0 Å². The number of hydrogen-bond acceptors (Lipinski definition) is 5. The summed E-state index contributed by atoms with van der Waals surface area (Å²) in [7, 11) is 1.60. The average Bonchev–Trinajstić information content (AvgIpc) is 2.39. The molecule has 0 unspecified atom stereocenters. The quantitative estimate of drug-likeness (QED) is 0.517. The molecule has 0 aromatic carbocycles. The maximum atomic E-state index is 8.70. The first-order valence-electron chi connectivity index (χ1n) is 5.40. The van der Waals surface area contributed by atoms with Crippen molar-refractivity contribution < 1.29 is 9.94 Å². The van der Waals surface area contributed by atoms with Crippen molar-refractivity contribution in [2.24, 2.45) is 5.16 Å². The molecule has 0 spiro atoms.